The molecule has 2 heterocycles. The van der Waals surface area contributed by atoms with Gasteiger partial charge in [0.05, 0.1) is 29.6 Å². The molecule has 0 spiro atoms. The number of hydrogen-bond donors (Lipinski definition) is 1. The summed E-state index contributed by atoms with van der Waals surface area (Å²) in [4.78, 5) is 9.06. The van der Waals surface area contributed by atoms with Crippen molar-refractivity contribution in [1.82, 2.24) is 14.5 Å². The molecule has 0 aliphatic heterocycles. The first-order valence-electron chi connectivity index (χ1n) is 12.2. The molecular formula is C29H25F2N3O5S. The highest BCUT2D eigenvalue weighted by Crippen LogP contribution is 2.32. The van der Waals surface area contributed by atoms with Gasteiger partial charge in [-0.05, 0) is 47.5 Å². The van der Waals surface area contributed by atoms with Gasteiger partial charge >= 0.3 is 6.61 Å². The zero-order valence-electron chi connectivity index (χ0n) is 21.5. The predicted octanol–water partition coefficient (Wildman–Crippen LogP) is 5.24. The van der Waals surface area contributed by atoms with E-state index in [1.807, 2.05) is 18.2 Å². The van der Waals surface area contributed by atoms with E-state index in [2.05, 4.69) is 9.97 Å². The Labute approximate surface area is 229 Å². The molecule has 0 aliphatic rings. The van der Waals surface area contributed by atoms with Crippen molar-refractivity contribution in [2.75, 3.05) is 13.4 Å². The number of benzene rings is 3. The van der Waals surface area contributed by atoms with Crippen molar-refractivity contribution in [1.29, 1.82) is 0 Å². The van der Waals surface area contributed by atoms with Crippen LogP contribution < -0.4 is 9.47 Å². The second-order valence-corrected chi connectivity index (χ2v) is 11.1. The van der Waals surface area contributed by atoms with Crippen LogP contribution in [0, 0.1) is 0 Å². The molecular weight excluding hydrogens is 540 g/mol. The quantitative estimate of drug-likeness (QED) is 0.261. The second-order valence-electron chi connectivity index (χ2n) is 9.08. The maximum Gasteiger partial charge on any atom is 0.387 e. The van der Waals surface area contributed by atoms with E-state index in [1.54, 1.807) is 41.1 Å². The van der Waals surface area contributed by atoms with Crippen LogP contribution in [0.2, 0.25) is 0 Å². The van der Waals surface area contributed by atoms with Crippen molar-refractivity contribution in [2.45, 2.75) is 24.2 Å². The first kappa shape index (κ1) is 27.2. The molecule has 8 nitrogen and oxygen atoms in total. The van der Waals surface area contributed by atoms with Gasteiger partial charge < -0.3 is 19.1 Å². The number of pyridine rings is 1. The Kier molecular flexibility index (Phi) is 7.51. The maximum absolute atomic E-state index is 13.1. The molecule has 0 amide bonds. The Bertz CT molecular complexity index is 1760. The molecule has 1 N–H and O–H groups in total. The number of aromatic nitrogens is 3. The number of para-hydroxylation sites is 1. The minimum absolute atomic E-state index is 0.00723. The number of rotatable bonds is 9. The standard InChI is InChI=1S/C29H25F2N3O5S/c1-38-26-14-10-20(16-32-26)19-9-13-23-24(15-19)34(17-21-5-3-4-6-25(21)39-29(30)31)28(33-23)27(35)18-7-11-22(12-8-18)40(2,36)37/h3-16,27,29,35H,17H2,1-2H3. The largest absolute Gasteiger partial charge is 0.481 e. The van der Waals surface area contributed by atoms with Crippen LogP contribution in [0.5, 0.6) is 11.6 Å². The number of halogens is 2. The van der Waals surface area contributed by atoms with Gasteiger partial charge in [0.25, 0.3) is 0 Å². The first-order chi connectivity index (χ1) is 19.1. The molecule has 11 heteroatoms. The third-order valence-corrected chi connectivity index (χ3v) is 7.57. The van der Waals surface area contributed by atoms with Crippen molar-refractivity contribution in [3.63, 3.8) is 0 Å². The number of fused-ring (bicyclic) bond motifs is 1. The Morgan fingerprint density at radius 1 is 0.975 bits per heavy atom. The van der Waals surface area contributed by atoms with E-state index in [-0.39, 0.29) is 23.0 Å². The van der Waals surface area contributed by atoms with E-state index < -0.39 is 22.6 Å². The number of aliphatic hydroxyl groups is 1. The maximum atomic E-state index is 13.1. The number of nitrogens with zero attached hydrogens (tertiary/aromatic N) is 3. The smallest absolute Gasteiger partial charge is 0.387 e. The third kappa shape index (κ3) is 5.65. The fourth-order valence-electron chi connectivity index (χ4n) is 4.43. The van der Waals surface area contributed by atoms with Gasteiger partial charge in [0.2, 0.25) is 5.88 Å². The predicted molar refractivity (Wildman–Crippen MR) is 145 cm³/mol. The zero-order chi connectivity index (χ0) is 28.4. The van der Waals surface area contributed by atoms with E-state index in [0.717, 1.165) is 17.4 Å². The van der Waals surface area contributed by atoms with Crippen LogP contribution >= 0.6 is 0 Å². The SMILES string of the molecule is COc1ccc(-c2ccc3nc(C(O)c4ccc(S(C)(=O)=O)cc4)n(Cc4ccccc4OC(F)F)c3c2)cn1. The fraction of sp³-hybridized carbons (Fsp3) is 0.172. The molecule has 0 fully saturated rings. The minimum atomic E-state index is -3.42. The summed E-state index contributed by atoms with van der Waals surface area (Å²) in [6, 6.07) is 21.5. The van der Waals surface area contributed by atoms with Crippen molar-refractivity contribution in [3.8, 4) is 22.8 Å². The Morgan fingerprint density at radius 2 is 1.70 bits per heavy atom. The number of sulfone groups is 1. The Morgan fingerprint density at radius 3 is 2.35 bits per heavy atom. The van der Waals surface area contributed by atoms with Crippen LogP contribution in [-0.2, 0) is 16.4 Å². The summed E-state index contributed by atoms with van der Waals surface area (Å²) in [6.07, 6.45) is 1.54. The fourth-order valence-corrected chi connectivity index (χ4v) is 5.06. The number of aliphatic hydroxyl groups excluding tert-OH is 1. The molecule has 5 aromatic rings. The molecule has 0 saturated carbocycles. The number of methoxy groups -OCH3 is 1. The minimum Gasteiger partial charge on any atom is -0.481 e. The van der Waals surface area contributed by atoms with Crippen LogP contribution in [0.3, 0.4) is 0 Å². The summed E-state index contributed by atoms with van der Waals surface area (Å²) < 4.78 is 61.7. The van der Waals surface area contributed by atoms with E-state index in [9.17, 15) is 22.3 Å². The molecule has 0 radical (unpaired) electrons. The van der Waals surface area contributed by atoms with Gasteiger partial charge in [-0.25, -0.2) is 18.4 Å². The van der Waals surface area contributed by atoms with Gasteiger partial charge in [-0.15, -0.1) is 0 Å². The van der Waals surface area contributed by atoms with E-state index in [1.165, 1.54) is 37.4 Å². The van der Waals surface area contributed by atoms with Crippen molar-refractivity contribution in [3.05, 3.63) is 102 Å². The van der Waals surface area contributed by atoms with Crippen molar-refractivity contribution >= 4 is 20.9 Å². The average molecular weight is 566 g/mol. The van der Waals surface area contributed by atoms with Gasteiger partial charge in [0.1, 0.15) is 17.7 Å². The Balaban J connectivity index is 1.64. The Hall–Kier alpha value is -4.35. The molecule has 206 valence electrons. The summed E-state index contributed by atoms with van der Waals surface area (Å²) in [6.45, 7) is -2.94. The second kappa shape index (κ2) is 11.0. The third-order valence-electron chi connectivity index (χ3n) is 6.44. The zero-order valence-corrected chi connectivity index (χ0v) is 22.3. The highest BCUT2D eigenvalue weighted by molar-refractivity contribution is 7.90. The number of alkyl halides is 2. The molecule has 5 rings (SSSR count). The lowest BCUT2D eigenvalue weighted by Crippen LogP contribution is -2.13. The van der Waals surface area contributed by atoms with E-state index in [0.29, 0.717) is 28.0 Å². The van der Waals surface area contributed by atoms with Crippen LogP contribution in [0.4, 0.5) is 8.78 Å². The highest BCUT2D eigenvalue weighted by atomic mass is 32.2. The summed E-state index contributed by atoms with van der Waals surface area (Å²) in [7, 11) is -1.89. The van der Waals surface area contributed by atoms with E-state index in [4.69, 9.17) is 9.47 Å². The lowest BCUT2D eigenvalue weighted by atomic mass is 10.1. The van der Waals surface area contributed by atoms with Gasteiger partial charge in [-0.2, -0.15) is 8.78 Å². The van der Waals surface area contributed by atoms with Gasteiger partial charge in [-0.3, -0.25) is 0 Å². The van der Waals surface area contributed by atoms with Gasteiger partial charge in [-0.1, -0.05) is 36.4 Å². The van der Waals surface area contributed by atoms with Crippen LogP contribution in [0.15, 0.2) is 90.0 Å². The summed E-state index contributed by atoms with van der Waals surface area (Å²) in [5, 5.41) is 11.4. The molecule has 2 aromatic heterocycles. The first-order valence-corrected chi connectivity index (χ1v) is 14.0. The highest BCUT2D eigenvalue weighted by Gasteiger charge is 2.22. The molecule has 3 aromatic carbocycles. The average Bonchev–Trinajstić information content (AvgIpc) is 3.30. The van der Waals surface area contributed by atoms with E-state index >= 15 is 0 Å². The molecule has 1 atom stereocenters. The molecule has 0 bridgehead atoms. The molecule has 40 heavy (non-hydrogen) atoms. The summed E-state index contributed by atoms with van der Waals surface area (Å²) in [5.74, 6) is 0.726. The number of ether oxygens (including phenoxy) is 2. The molecule has 0 saturated heterocycles. The van der Waals surface area contributed by atoms with Crippen LogP contribution in [-0.4, -0.2) is 48.0 Å². The summed E-state index contributed by atoms with van der Waals surface area (Å²) in [5.41, 5.74) is 3.72. The van der Waals surface area contributed by atoms with Crippen molar-refractivity contribution in [2.24, 2.45) is 0 Å². The number of hydrogen-bond acceptors (Lipinski definition) is 7. The number of imidazole rings is 1. The van der Waals surface area contributed by atoms with Crippen LogP contribution in [0.25, 0.3) is 22.2 Å². The van der Waals surface area contributed by atoms with Crippen molar-refractivity contribution < 1.29 is 31.8 Å². The molecule has 0 aliphatic carbocycles. The topological polar surface area (TPSA) is 104 Å². The monoisotopic (exact) mass is 565 g/mol. The van der Waals surface area contributed by atoms with Crippen LogP contribution in [0.1, 0.15) is 23.1 Å². The molecule has 1 unspecified atom stereocenters. The summed E-state index contributed by atoms with van der Waals surface area (Å²) >= 11 is 0. The van der Waals surface area contributed by atoms with Gasteiger partial charge in [0, 0.05) is 29.6 Å². The van der Waals surface area contributed by atoms with Gasteiger partial charge in [0.15, 0.2) is 9.84 Å². The lowest BCUT2D eigenvalue weighted by Gasteiger charge is -2.17. The lowest BCUT2D eigenvalue weighted by molar-refractivity contribution is -0.0505. The normalized spacial score (nSPS) is 12.6.